The number of hydrogen-bond acceptors (Lipinski definition) is 4. The van der Waals surface area contributed by atoms with E-state index in [0.717, 1.165) is 67.7 Å². The van der Waals surface area contributed by atoms with E-state index in [0.29, 0.717) is 19.4 Å². The van der Waals surface area contributed by atoms with Crippen LogP contribution in [-0.4, -0.2) is 45.2 Å². The van der Waals surface area contributed by atoms with Crippen molar-refractivity contribution in [1.29, 1.82) is 0 Å². The van der Waals surface area contributed by atoms with Crippen molar-refractivity contribution in [1.82, 2.24) is 0 Å². The number of carbonyl (C=O) groups excluding carboxylic acids is 1. The van der Waals surface area contributed by atoms with Crippen molar-refractivity contribution in [2.45, 2.75) is 115 Å². The Hall–Kier alpha value is -1.34. The number of thioether (sulfide) groups is 1. The van der Waals surface area contributed by atoms with Crippen LogP contribution in [0.15, 0.2) is 29.2 Å². The lowest BCUT2D eigenvalue weighted by atomic mass is 10.0. The van der Waals surface area contributed by atoms with Crippen LogP contribution in [0.2, 0.25) is 0 Å². The predicted molar refractivity (Wildman–Crippen MR) is 154 cm³/mol. The van der Waals surface area contributed by atoms with Gasteiger partial charge in [0, 0.05) is 30.4 Å². The van der Waals surface area contributed by atoms with E-state index in [-0.39, 0.29) is 18.5 Å². The number of anilines is 1. The number of rotatable bonds is 23. The van der Waals surface area contributed by atoms with Crippen molar-refractivity contribution in [3.8, 4) is 0 Å². The van der Waals surface area contributed by atoms with Crippen LogP contribution in [0.5, 0.6) is 0 Å². The van der Waals surface area contributed by atoms with Gasteiger partial charge in [0.15, 0.2) is 0 Å². The number of hydrogen-bond donors (Lipinski definition) is 3. The number of carboxylic acids is 1. The first-order chi connectivity index (χ1) is 17.7. The normalized spacial score (nSPS) is 11.5. The Labute approximate surface area is 228 Å². The maximum atomic E-state index is 13.1. The highest BCUT2D eigenvalue weighted by molar-refractivity contribution is 7.99. The molecule has 37 heavy (non-hydrogen) atoms. The molecule has 0 bridgehead atoms. The smallest absolute Gasteiger partial charge is 0.325 e. The Bertz CT molecular complexity index is 816. The lowest BCUT2D eigenvalue weighted by Crippen LogP contribution is -2.31. The van der Waals surface area contributed by atoms with Crippen LogP contribution in [0.1, 0.15) is 110 Å². The highest BCUT2D eigenvalue weighted by atomic mass is 32.2. The number of unbranched alkanes of at least 4 members (excludes halogenated alkanes) is 11. The van der Waals surface area contributed by atoms with Crippen molar-refractivity contribution >= 4 is 36.9 Å². The van der Waals surface area contributed by atoms with E-state index in [2.05, 4.69) is 6.92 Å². The highest BCUT2D eigenvalue weighted by Crippen LogP contribution is 2.36. The minimum Gasteiger partial charge on any atom is -0.481 e. The molecule has 9 heteroatoms. The molecule has 1 amide bonds. The molecule has 0 heterocycles. The molecule has 3 N–H and O–H groups in total. The van der Waals surface area contributed by atoms with Crippen LogP contribution < -0.4 is 4.90 Å². The van der Waals surface area contributed by atoms with Crippen LogP contribution in [0.25, 0.3) is 0 Å². The number of benzene rings is 1. The van der Waals surface area contributed by atoms with Gasteiger partial charge in [0.2, 0.25) is 5.91 Å². The summed E-state index contributed by atoms with van der Waals surface area (Å²) in [6.07, 6.45) is 15.0. The number of carboxylic acid groups (broad SMARTS) is 1. The third-order valence-corrected chi connectivity index (χ3v) is 8.33. The second kappa shape index (κ2) is 20.6. The lowest BCUT2D eigenvalue weighted by Gasteiger charge is -2.25. The van der Waals surface area contributed by atoms with Crippen molar-refractivity contribution in [3.05, 3.63) is 24.3 Å². The Morgan fingerprint density at radius 1 is 0.811 bits per heavy atom. The first-order valence-electron chi connectivity index (χ1n) is 14.0. The summed E-state index contributed by atoms with van der Waals surface area (Å²) in [5.41, 5.74) is 0.942. The summed E-state index contributed by atoms with van der Waals surface area (Å²) >= 11 is 1.65. The van der Waals surface area contributed by atoms with E-state index in [1.165, 1.54) is 32.1 Å². The summed E-state index contributed by atoms with van der Waals surface area (Å²) < 4.78 is 11.0. The average molecular weight is 558 g/mol. The molecule has 0 saturated heterocycles. The largest absolute Gasteiger partial charge is 0.481 e. The number of carbonyl (C=O) groups is 2. The summed E-state index contributed by atoms with van der Waals surface area (Å²) in [7, 11) is -3.93. The van der Waals surface area contributed by atoms with Gasteiger partial charge in [0.1, 0.15) is 0 Å². The molecule has 0 fully saturated rings. The Balaban J connectivity index is 2.30. The summed E-state index contributed by atoms with van der Waals surface area (Å²) in [5.74, 6) is 0.226. The fourth-order valence-corrected chi connectivity index (χ4v) is 5.99. The summed E-state index contributed by atoms with van der Waals surface area (Å²) in [6.45, 7) is 2.76. The molecule has 0 spiro atoms. The fraction of sp³-hybridized carbons (Fsp3) is 0.714. The van der Waals surface area contributed by atoms with E-state index in [4.69, 9.17) is 14.9 Å². The zero-order chi connectivity index (χ0) is 27.4. The molecular formula is C28H48NO6PS. The standard InChI is InChI=1S/C28H48NO6PS/c1-2-22-29(25-18-14-15-19-26(25)37-24-17-16-23-36(33,34)35)27(30)20-12-10-8-6-4-3-5-7-9-11-13-21-28(31)32/h14-15,18-19H,2-13,16-17,20-24H2,1H3,(H,31,32)(H2,33,34,35). The lowest BCUT2D eigenvalue weighted by molar-refractivity contribution is -0.137. The molecule has 1 aromatic rings. The van der Waals surface area contributed by atoms with Crippen LogP contribution in [0.3, 0.4) is 0 Å². The molecule has 0 aliphatic heterocycles. The molecule has 0 atom stereocenters. The van der Waals surface area contributed by atoms with Gasteiger partial charge in [-0.1, -0.05) is 76.8 Å². The molecular weight excluding hydrogens is 509 g/mol. The van der Waals surface area contributed by atoms with Crippen LogP contribution >= 0.6 is 19.4 Å². The van der Waals surface area contributed by atoms with Crippen molar-refractivity contribution in [2.24, 2.45) is 0 Å². The summed E-state index contributed by atoms with van der Waals surface area (Å²) in [6, 6.07) is 7.95. The molecule has 7 nitrogen and oxygen atoms in total. The Kier molecular flexibility index (Phi) is 18.8. The van der Waals surface area contributed by atoms with E-state index in [1.54, 1.807) is 11.8 Å². The first-order valence-corrected chi connectivity index (χ1v) is 16.8. The van der Waals surface area contributed by atoms with Crippen LogP contribution in [-0.2, 0) is 14.2 Å². The quantitative estimate of drug-likeness (QED) is 0.0719. The predicted octanol–water partition coefficient (Wildman–Crippen LogP) is 7.64. The molecule has 0 radical (unpaired) electrons. The molecule has 0 aliphatic carbocycles. The van der Waals surface area contributed by atoms with Gasteiger partial charge in [-0.3, -0.25) is 14.2 Å². The minimum atomic E-state index is -3.93. The maximum Gasteiger partial charge on any atom is 0.325 e. The zero-order valence-electron chi connectivity index (χ0n) is 22.6. The monoisotopic (exact) mass is 557 g/mol. The molecule has 0 aromatic heterocycles. The van der Waals surface area contributed by atoms with Crippen molar-refractivity contribution < 1.29 is 29.0 Å². The van der Waals surface area contributed by atoms with E-state index in [1.807, 2.05) is 29.2 Å². The third-order valence-electron chi connectivity index (χ3n) is 6.29. The molecule has 0 saturated carbocycles. The molecule has 0 aliphatic rings. The average Bonchev–Trinajstić information content (AvgIpc) is 2.84. The van der Waals surface area contributed by atoms with Crippen LogP contribution in [0.4, 0.5) is 5.69 Å². The van der Waals surface area contributed by atoms with Crippen molar-refractivity contribution in [3.63, 3.8) is 0 Å². The van der Waals surface area contributed by atoms with Gasteiger partial charge in [-0.2, -0.15) is 0 Å². The van der Waals surface area contributed by atoms with Gasteiger partial charge in [0.05, 0.1) is 5.69 Å². The van der Waals surface area contributed by atoms with E-state index in [9.17, 15) is 14.2 Å². The molecule has 1 aromatic carbocycles. The van der Waals surface area contributed by atoms with Gasteiger partial charge >= 0.3 is 13.6 Å². The molecule has 0 unspecified atom stereocenters. The Morgan fingerprint density at radius 3 is 1.89 bits per heavy atom. The van der Waals surface area contributed by atoms with Gasteiger partial charge in [0.25, 0.3) is 0 Å². The van der Waals surface area contributed by atoms with Gasteiger partial charge in [-0.05, 0) is 50.0 Å². The topological polar surface area (TPSA) is 115 Å². The Morgan fingerprint density at radius 2 is 1.35 bits per heavy atom. The van der Waals surface area contributed by atoms with E-state index < -0.39 is 13.6 Å². The number of aliphatic carboxylic acids is 1. The SMILES string of the molecule is CCCN(C(=O)CCCCCCCCCCCCCC(=O)O)c1ccccc1SCCCCP(=O)(O)O. The summed E-state index contributed by atoms with van der Waals surface area (Å²) in [5, 5.41) is 8.64. The van der Waals surface area contributed by atoms with Gasteiger partial charge < -0.3 is 19.8 Å². The highest BCUT2D eigenvalue weighted by Gasteiger charge is 2.18. The van der Waals surface area contributed by atoms with Crippen molar-refractivity contribution in [2.75, 3.05) is 23.4 Å². The van der Waals surface area contributed by atoms with Crippen LogP contribution in [0, 0.1) is 0 Å². The second-order valence-electron chi connectivity index (χ2n) is 9.74. The first kappa shape index (κ1) is 33.7. The van der Waals surface area contributed by atoms with E-state index >= 15 is 0 Å². The second-order valence-corrected chi connectivity index (χ2v) is 12.7. The van der Waals surface area contributed by atoms with Gasteiger partial charge in [-0.15, -0.1) is 11.8 Å². The van der Waals surface area contributed by atoms with Gasteiger partial charge in [-0.25, -0.2) is 0 Å². The third kappa shape index (κ3) is 17.7. The molecule has 1 rings (SSSR count). The minimum absolute atomic E-state index is 0.0775. The maximum absolute atomic E-state index is 13.1. The molecule has 212 valence electrons. The number of nitrogens with zero attached hydrogens (tertiary/aromatic N) is 1. The number of amides is 1. The zero-order valence-corrected chi connectivity index (χ0v) is 24.3. The number of para-hydroxylation sites is 1. The summed E-state index contributed by atoms with van der Waals surface area (Å²) in [4.78, 5) is 44.6. The fourth-order valence-electron chi connectivity index (χ4n) is 4.29.